The number of ether oxygens (including phenoxy) is 1. The van der Waals surface area contributed by atoms with Crippen molar-refractivity contribution in [2.24, 2.45) is 0 Å². The molecule has 0 aliphatic heterocycles. The molecule has 0 radical (unpaired) electrons. The van der Waals surface area contributed by atoms with Gasteiger partial charge < -0.3 is 15.2 Å². The maximum absolute atomic E-state index is 12.3. The van der Waals surface area contributed by atoms with Crippen LogP contribution in [-0.4, -0.2) is 23.1 Å². The topological polar surface area (TPSA) is 75.6 Å². The molecule has 0 saturated carbocycles. The molecule has 0 aromatic heterocycles. The molecule has 0 heterocycles. The van der Waals surface area contributed by atoms with E-state index in [9.17, 15) is 14.7 Å². The van der Waals surface area contributed by atoms with Gasteiger partial charge in [0.15, 0.2) is 6.10 Å². The van der Waals surface area contributed by atoms with Crippen LogP contribution in [-0.2, 0) is 9.53 Å². The second-order valence-corrected chi connectivity index (χ2v) is 6.41. The summed E-state index contributed by atoms with van der Waals surface area (Å²) in [5.74, 6) is -1.53. The van der Waals surface area contributed by atoms with Gasteiger partial charge in [0.2, 0.25) is 0 Å². The number of phenols is 1. The summed E-state index contributed by atoms with van der Waals surface area (Å²) in [6, 6.07) is 7.96. The lowest BCUT2D eigenvalue weighted by Gasteiger charge is -2.17. The largest absolute Gasteiger partial charge is 0.507 e. The van der Waals surface area contributed by atoms with Gasteiger partial charge >= 0.3 is 5.97 Å². The zero-order chi connectivity index (χ0) is 18.7. The first-order valence-electron chi connectivity index (χ1n) is 7.77. The van der Waals surface area contributed by atoms with E-state index in [-0.39, 0.29) is 16.3 Å². The summed E-state index contributed by atoms with van der Waals surface area (Å²) in [5.41, 5.74) is 3.57. The highest BCUT2D eigenvalue weighted by molar-refractivity contribution is 6.31. The number of benzene rings is 2. The van der Waals surface area contributed by atoms with Crippen LogP contribution < -0.4 is 5.32 Å². The first kappa shape index (κ1) is 18.8. The summed E-state index contributed by atoms with van der Waals surface area (Å²) < 4.78 is 5.14. The second-order valence-electron chi connectivity index (χ2n) is 5.97. The standard InChI is InChI=1S/C19H20ClNO4/c1-10-7-11(2)17(12(3)8-10)21-18(23)13(4)25-19(24)15-9-14(20)5-6-16(15)22/h5-9,13,22H,1-4H3,(H,21,23)/t13-/m1/s1. The highest BCUT2D eigenvalue weighted by Gasteiger charge is 2.22. The second kappa shape index (κ2) is 7.57. The van der Waals surface area contributed by atoms with Gasteiger partial charge in [-0.1, -0.05) is 29.3 Å². The van der Waals surface area contributed by atoms with Gasteiger partial charge in [-0.3, -0.25) is 4.79 Å². The Morgan fingerprint density at radius 3 is 2.32 bits per heavy atom. The van der Waals surface area contributed by atoms with Gasteiger partial charge in [-0.2, -0.15) is 0 Å². The number of aromatic hydroxyl groups is 1. The van der Waals surface area contributed by atoms with Gasteiger partial charge in [0.25, 0.3) is 5.91 Å². The molecule has 1 atom stereocenters. The van der Waals surface area contributed by atoms with Crippen molar-refractivity contribution in [1.82, 2.24) is 0 Å². The Hall–Kier alpha value is -2.53. The van der Waals surface area contributed by atoms with E-state index in [2.05, 4.69) is 5.32 Å². The lowest BCUT2D eigenvalue weighted by atomic mass is 10.0. The van der Waals surface area contributed by atoms with E-state index in [1.54, 1.807) is 0 Å². The van der Waals surface area contributed by atoms with Crippen molar-refractivity contribution in [1.29, 1.82) is 0 Å². The van der Waals surface area contributed by atoms with E-state index in [1.807, 2.05) is 32.9 Å². The average molecular weight is 362 g/mol. The maximum atomic E-state index is 12.3. The SMILES string of the molecule is Cc1cc(C)c(NC(=O)[C@@H](C)OC(=O)c2cc(Cl)ccc2O)c(C)c1. The zero-order valence-corrected chi connectivity index (χ0v) is 15.3. The third-order valence-electron chi connectivity index (χ3n) is 3.76. The minimum absolute atomic E-state index is 0.0881. The highest BCUT2D eigenvalue weighted by Crippen LogP contribution is 2.24. The monoisotopic (exact) mass is 361 g/mol. The molecule has 0 unspecified atom stereocenters. The van der Waals surface area contributed by atoms with Crippen molar-refractivity contribution in [3.8, 4) is 5.75 Å². The molecular formula is C19H20ClNO4. The molecule has 25 heavy (non-hydrogen) atoms. The van der Waals surface area contributed by atoms with E-state index in [0.29, 0.717) is 5.69 Å². The van der Waals surface area contributed by atoms with E-state index in [4.69, 9.17) is 16.3 Å². The van der Waals surface area contributed by atoms with E-state index >= 15 is 0 Å². The Labute approximate surface area is 151 Å². The Morgan fingerprint density at radius 2 is 1.72 bits per heavy atom. The van der Waals surface area contributed by atoms with E-state index < -0.39 is 18.0 Å². The first-order valence-corrected chi connectivity index (χ1v) is 8.15. The highest BCUT2D eigenvalue weighted by atomic mass is 35.5. The molecule has 1 amide bonds. The van der Waals surface area contributed by atoms with E-state index in [0.717, 1.165) is 16.7 Å². The number of halogens is 1. The predicted octanol–water partition coefficient (Wildman–Crippen LogP) is 4.15. The van der Waals surface area contributed by atoms with Crippen LogP contribution in [0, 0.1) is 20.8 Å². The molecule has 2 aromatic carbocycles. The molecule has 2 aromatic rings. The molecule has 0 aliphatic rings. The van der Waals surface area contributed by atoms with Crippen LogP contribution >= 0.6 is 11.6 Å². The molecule has 2 rings (SSSR count). The number of amides is 1. The van der Waals surface area contributed by atoms with Crippen molar-refractivity contribution < 1.29 is 19.4 Å². The molecule has 5 nitrogen and oxygen atoms in total. The Bertz CT molecular complexity index is 809. The first-order chi connectivity index (χ1) is 11.7. The van der Waals surface area contributed by atoms with Gasteiger partial charge in [-0.05, 0) is 57.0 Å². The average Bonchev–Trinajstić information content (AvgIpc) is 2.52. The molecule has 0 aliphatic carbocycles. The summed E-state index contributed by atoms with van der Waals surface area (Å²) >= 11 is 5.82. The van der Waals surface area contributed by atoms with Crippen LogP contribution in [0.3, 0.4) is 0 Å². The van der Waals surface area contributed by atoms with Crippen LogP contribution in [0.5, 0.6) is 5.75 Å². The number of phenolic OH excluding ortho intramolecular Hbond substituents is 1. The van der Waals surface area contributed by atoms with Crippen LogP contribution in [0.4, 0.5) is 5.69 Å². The lowest BCUT2D eigenvalue weighted by Crippen LogP contribution is -2.30. The van der Waals surface area contributed by atoms with Crippen LogP contribution in [0.2, 0.25) is 5.02 Å². The molecular weight excluding hydrogens is 342 g/mol. The molecule has 132 valence electrons. The number of carbonyl (C=O) groups is 2. The lowest BCUT2D eigenvalue weighted by molar-refractivity contribution is -0.123. The smallest absolute Gasteiger partial charge is 0.342 e. The molecule has 0 fully saturated rings. The van der Waals surface area contributed by atoms with Crippen LogP contribution in [0.1, 0.15) is 34.0 Å². The number of hydrogen-bond acceptors (Lipinski definition) is 4. The number of aryl methyl sites for hydroxylation is 3. The van der Waals surface area contributed by atoms with Crippen molar-refractivity contribution in [3.63, 3.8) is 0 Å². The number of carbonyl (C=O) groups excluding carboxylic acids is 2. The number of anilines is 1. The minimum Gasteiger partial charge on any atom is -0.507 e. The minimum atomic E-state index is -1.04. The number of hydrogen-bond donors (Lipinski definition) is 2. The number of nitrogens with one attached hydrogen (secondary N) is 1. The molecule has 0 bridgehead atoms. The summed E-state index contributed by atoms with van der Waals surface area (Å²) in [6.07, 6.45) is -1.04. The molecule has 2 N–H and O–H groups in total. The summed E-state index contributed by atoms with van der Waals surface area (Å²) in [4.78, 5) is 24.5. The van der Waals surface area contributed by atoms with Gasteiger partial charge in [0.05, 0.1) is 0 Å². The maximum Gasteiger partial charge on any atom is 0.342 e. The fourth-order valence-corrected chi connectivity index (χ4v) is 2.72. The van der Waals surface area contributed by atoms with Crippen molar-refractivity contribution in [3.05, 3.63) is 57.6 Å². The van der Waals surface area contributed by atoms with Gasteiger partial charge in [-0.15, -0.1) is 0 Å². The summed E-state index contributed by atoms with van der Waals surface area (Å²) in [5, 5.41) is 12.8. The predicted molar refractivity (Wildman–Crippen MR) is 97.3 cm³/mol. The normalized spacial score (nSPS) is 11.7. The summed E-state index contributed by atoms with van der Waals surface area (Å²) in [7, 11) is 0. The summed E-state index contributed by atoms with van der Waals surface area (Å²) in [6.45, 7) is 7.24. The number of esters is 1. The van der Waals surface area contributed by atoms with Crippen LogP contribution in [0.15, 0.2) is 30.3 Å². The number of rotatable bonds is 4. The molecule has 6 heteroatoms. The van der Waals surface area contributed by atoms with Crippen molar-refractivity contribution in [2.75, 3.05) is 5.32 Å². The molecule has 0 saturated heterocycles. The Kier molecular flexibility index (Phi) is 5.69. The third kappa shape index (κ3) is 4.51. The Balaban J connectivity index is 2.10. The van der Waals surface area contributed by atoms with Gasteiger partial charge in [0.1, 0.15) is 11.3 Å². The van der Waals surface area contributed by atoms with Crippen molar-refractivity contribution in [2.45, 2.75) is 33.8 Å². The quantitative estimate of drug-likeness (QED) is 0.802. The van der Waals surface area contributed by atoms with Crippen molar-refractivity contribution >= 4 is 29.2 Å². The fraction of sp³-hybridized carbons (Fsp3) is 0.263. The van der Waals surface area contributed by atoms with Gasteiger partial charge in [0, 0.05) is 10.7 Å². The molecule has 0 spiro atoms. The van der Waals surface area contributed by atoms with E-state index in [1.165, 1.54) is 25.1 Å². The zero-order valence-electron chi connectivity index (χ0n) is 14.5. The third-order valence-corrected chi connectivity index (χ3v) is 3.99. The van der Waals surface area contributed by atoms with Crippen LogP contribution in [0.25, 0.3) is 0 Å². The Morgan fingerprint density at radius 1 is 1.12 bits per heavy atom. The fourth-order valence-electron chi connectivity index (χ4n) is 2.55. The van der Waals surface area contributed by atoms with Gasteiger partial charge in [-0.25, -0.2) is 4.79 Å².